The molecular weight excluding hydrogens is 278 g/mol. The Kier molecular flexibility index (Phi) is 4.35. The minimum absolute atomic E-state index is 0.104. The number of carbonyl (C=O) groups is 2. The van der Waals surface area contributed by atoms with Gasteiger partial charge in [0.05, 0.1) is 4.90 Å². The highest BCUT2D eigenvalue weighted by Crippen LogP contribution is 2.18. The van der Waals surface area contributed by atoms with Gasteiger partial charge < -0.3 is 0 Å². The van der Waals surface area contributed by atoms with Gasteiger partial charge in [-0.15, -0.1) is 0 Å². The second-order valence-corrected chi connectivity index (χ2v) is 6.73. The Bertz CT molecular complexity index is 609. The molecule has 0 aliphatic heterocycles. The first-order valence-electron chi connectivity index (χ1n) is 6.53. The van der Waals surface area contributed by atoms with E-state index in [0.29, 0.717) is 31.2 Å². The van der Waals surface area contributed by atoms with Crippen LogP contribution in [-0.4, -0.2) is 26.0 Å². The van der Waals surface area contributed by atoms with E-state index >= 15 is 0 Å². The van der Waals surface area contributed by atoms with Crippen LogP contribution in [-0.2, 0) is 14.8 Å². The molecule has 0 bridgehead atoms. The number of nitrogens with one attached hydrogen (secondary N) is 1. The van der Waals surface area contributed by atoms with Gasteiger partial charge in [-0.1, -0.05) is 12.1 Å². The number of benzene rings is 1. The van der Waals surface area contributed by atoms with Crippen LogP contribution >= 0.6 is 0 Å². The predicted octanol–water partition coefficient (Wildman–Crippen LogP) is 1.68. The molecule has 2 rings (SSSR count). The predicted molar refractivity (Wildman–Crippen MR) is 74.0 cm³/mol. The summed E-state index contributed by atoms with van der Waals surface area (Å²) in [5.41, 5.74) is 0.479. The van der Waals surface area contributed by atoms with E-state index in [-0.39, 0.29) is 22.5 Å². The smallest absolute Gasteiger partial charge is 0.240 e. The summed E-state index contributed by atoms with van der Waals surface area (Å²) < 4.78 is 27.0. The van der Waals surface area contributed by atoms with Crippen molar-refractivity contribution in [1.82, 2.24) is 4.72 Å². The second kappa shape index (κ2) is 5.85. The van der Waals surface area contributed by atoms with Gasteiger partial charge in [-0.3, -0.25) is 9.59 Å². The van der Waals surface area contributed by atoms with Crippen molar-refractivity contribution in [3.63, 3.8) is 0 Å². The van der Waals surface area contributed by atoms with Crippen LogP contribution in [0.1, 0.15) is 43.0 Å². The largest absolute Gasteiger partial charge is 0.300 e. The fourth-order valence-corrected chi connectivity index (χ4v) is 3.52. The zero-order chi connectivity index (χ0) is 14.8. The highest BCUT2D eigenvalue weighted by atomic mass is 32.2. The Morgan fingerprint density at radius 1 is 1.15 bits per heavy atom. The molecule has 1 aromatic rings. The molecule has 0 spiro atoms. The minimum atomic E-state index is -3.59. The van der Waals surface area contributed by atoms with Crippen LogP contribution in [0.5, 0.6) is 0 Å². The van der Waals surface area contributed by atoms with E-state index in [1.807, 2.05) is 0 Å². The van der Waals surface area contributed by atoms with Crippen molar-refractivity contribution in [2.45, 2.75) is 43.5 Å². The first-order valence-corrected chi connectivity index (χ1v) is 8.02. The van der Waals surface area contributed by atoms with Crippen LogP contribution in [0.2, 0.25) is 0 Å². The molecule has 0 atom stereocenters. The third-order valence-corrected chi connectivity index (χ3v) is 4.97. The average Bonchev–Trinajstić information content (AvgIpc) is 2.41. The molecule has 0 radical (unpaired) electrons. The summed E-state index contributed by atoms with van der Waals surface area (Å²) in [5, 5.41) is 0. The number of rotatable bonds is 4. The van der Waals surface area contributed by atoms with Gasteiger partial charge >= 0.3 is 0 Å². The fourth-order valence-electron chi connectivity index (χ4n) is 2.21. The molecule has 1 aromatic carbocycles. The topological polar surface area (TPSA) is 80.3 Å². The summed E-state index contributed by atoms with van der Waals surface area (Å²) in [6.07, 6.45) is 1.94. The van der Waals surface area contributed by atoms with Crippen LogP contribution in [0.25, 0.3) is 0 Å². The quantitative estimate of drug-likeness (QED) is 0.857. The third kappa shape index (κ3) is 3.52. The molecule has 108 valence electrons. The molecule has 1 aliphatic rings. The van der Waals surface area contributed by atoms with Crippen LogP contribution < -0.4 is 4.72 Å². The molecule has 1 N–H and O–H groups in total. The van der Waals surface area contributed by atoms with E-state index in [1.165, 1.54) is 31.2 Å². The maximum absolute atomic E-state index is 12.2. The van der Waals surface area contributed by atoms with Crippen LogP contribution in [0.4, 0.5) is 0 Å². The molecule has 0 heterocycles. The summed E-state index contributed by atoms with van der Waals surface area (Å²) in [6, 6.07) is 5.66. The van der Waals surface area contributed by atoms with Crippen molar-refractivity contribution < 1.29 is 18.0 Å². The second-order valence-electron chi connectivity index (χ2n) is 5.01. The molecule has 0 saturated heterocycles. The molecule has 0 aromatic heterocycles. The zero-order valence-electron chi connectivity index (χ0n) is 11.3. The lowest BCUT2D eigenvalue weighted by Crippen LogP contribution is -2.37. The first-order chi connectivity index (χ1) is 9.38. The number of hydrogen-bond acceptors (Lipinski definition) is 4. The third-order valence-electron chi connectivity index (χ3n) is 3.44. The summed E-state index contributed by atoms with van der Waals surface area (Å²) in [7, 11) is -3.59. The van der Waals surface area contributed by atoms with E-state index in [4.69, 9.17) is 0 Å². The Hall–Kier alpha value is -1.53. The maximum Gasteiger partial charge on any atom is 0.240 e. The molecule has 1 fully saturated rings. The Morgan fingerprint density at radius 3 is 2.20 bits per heavy atom. The van der Waals surface area contributed by atoms with Crippen molar-refractivity contribution >= 4 is 21.6 Å². The Labute approximate surface area is 118 Å². The van der Waals surface area contributed by atoms with E-state index in [9.17, 15) is 18.0 Å². The monoisotopic (exact) mass is 295 g/mol. The van der Waals surface area contributed by atoms with E-state index < -0.39 is 10.0 Å². The van der Waals surface area contributed by atoms with Gasteiger partial charge in [0.15, 0.2) is 5.78 Å². The van der Waals surface area contributed by atoms with Gasteiger partial charge in [0.25, 0.3) is 0 Å². The van der Waals surface area contributed by atoms with Gasteiger partial charge in [0.2, 0.25) is 10.0 Å². The van der Waals surface area contributed by atoms with E-state index in [2.05, 4.69) is 4.72 Å². The highest BCUT2D eigenvalue weighted by Gasteiger charge is 2.24. The Morgan fingerprint density at radius 2 is 1.70 bits per heavy atom. The van der Waals surface area contributed by atoms with E-state index in [1.54, 1.807) is 0 Å². The minimum Gasteiger partial charge on any atom is -0.300 e. The van der Waals surface area contributed by atoms with Crippen LogP contribution in [0, 0.1) is 0 Å². The molecule has 1 aliphatic carbocycles. The molecule has 20 heavy (non-hydrogen) atoms. The summed E-state index contributed by atoms with van der Waals surface area (Å²) >= 11 is 0. The maximum atomic E-state index is 12.2. The molecule has 0 amide bonds. The highest BCUT2D eigenvalue weighted by molar-refractivity contribution is 7.89. The zero-order valence-corrected chi connectivity index (χ0v) is 12.1. The van der Waals surface area contributed by atoms with Crippen molar-refractivity contribution in [2.24, 2.45) is 0 Å². The summed E-state index contributed by atoms with van der Waals surface area (Å²) in [4.78, 5) is 22.4. The fraction of sp³-hybridized carbons (Fsp3) is 0.429. The number of hydrogen-bond donors (Lipinski definition) is 1. The van der Waals surface area contributed by atoms with Crippen molar-refractivity contribution in [3.05, 3.63) is 29.8 Å². The summed E-state index contributed by atoms with van der Waals surface area (Å²) in [5.74, 6) is 0.0824. The van der Waals surface area contributed by atoms with Crippen molar-refractivity contribution in [2.75, 3.05) is 0 Å². The average molecular weight is 295 g/mol. The number of sulfonamides is 1. The lowest BCUT2D eigenvalue weighted by atomic mass is 9.95. The molecule has 6 heteroatoms. The molecular formula is C14H17NO4S. The van der Waals surface area contributed by atoms with E-state index in [0.717, 1.165) is 0 Å². The molecule has 1 saturated carbocycles. The molecule has 5 nitrogen and oxygen atoms in total. The van der Waals surface area contributed by atoms with Crippen LogP contribution in [0.3, 0.4) is 0 Å². The molecule has 0 unspecified atom stereocenters. The van der Waals surface area contributed by atoms with Crippen molar-refractivity contribution in [3.8, 4) is 0 Å². The van der Waals surface area contributed by atoms with Gasteiger partial charge in [0.1, 0.15) is 5.78 Å². The normalized spacial score (nSPS) is 17.1. The number of Topliss-reactive ketones (excluding diaryl/α,β-unsaturated/α-hetero) is 2. The summed E-state index contributed by atoms with van der Waals surface area (Å²) in [6.45, 7) is 1.43. The van der Waals surface area contributed by atoms with Crippen molar-refractivity contribution in [1.29, 1.82) is 0 Å². The lowest BCUT2D eigenvalue weighted by molar-refractivity contribution is -0.120. The lowest BCUT2D eigenvalue weighted by Gasteiger charge is -2.22. The van der Waals surface area contributed by atoms with Gasteiger partial charge in [-0.2, -0.15) is 0 Å². The van der Waals surface area contributed by atoms with Gasteiger partial charge in [-0.05, 0) is 31.9 Å². The van der Waals surface area contributed by atoms with Crippen LogP contribution in [0.15, 0.2) is 29.2 Å². The number of carbonyl (C=O) groups excluding carboxylic acids is 2. The standard InChI is InChI=1S/C14H17NO4S/c1-10(16)11-2-8-14(9-3-11)20(18,19)15-12-4-6-13(17)7-5-12/h2-3,8-9,12,15H,4-7H2,1H3. The SMILES string of the molecule is CC(=O)c1ccc(S(=O)(=O)NC2CCC(=O)CC2)cc1. The first kappa shape index (κ1) is 14.9. The Balaban J connectivity index is 2.10. The van der Waals surface area contributed by atoms with Gasteiger partial charge in [0, 0.05) is 24.4 Å². The number of ketones is 2. The van der Waals surface area contributed by atoms with Gasteiger partial charge in [-0.25, -0.2) is 13.1 Å².